The Labute approximate surface area is 150 Å². The molecule has 25 heavy (non-hydrogen) atoms. The monoisotopic (exact) mass is 357 g/mol. The summed E-state index contributed by atoms with van der Waals surface area (Å²) in [5.74, 6) is 0.733. The van der Waals surface area contributed by atoms with Gasteiger partial charge in [0.2, 0.25) is 0 Å². The summed E-state index contributed by atoms with van der Waals surface area (Å²) in [6, 6.07) is 10.1. The molecule has 0 amide bonds. The second-order valence-electron chi connectivity index (χ2n) is 7.26. The smallest absolute Gasteiger partial charge is 0.127 e. The highest BCUT2D eigenvalue weighted by atomic mass is 32.2. The van der Waals surface area contributed by atoms with E-state index in [1.165, 1.54) is 11.3 Å². The van der Waals surface area contributed by atoms with Crippen LogP contribution in [0.3, 0.4) is 0 Å². The normalized spacial score (nSPS) is 20.7. The molecule has 2 aromatic rings. The molecule has 0 aromatic heterocycles. The lowest BCUT2D eigenvalue weighted by atomic mass is 9.86. The largest absolute Gasteiger partial charge is 0.496 e. The molecule has 132 valence electrons. The van der Waals surface area contributed by atoms with Crippen molar-refractivity contribution in [2.45, 2.75) is 30.3 Å². The number of nitrogens with one attached hydrogen (secondary N) is 3. The zero-order chi connectivity index (χ0) is 17.8. The number of fused-ring (bicyclic) bond motifs is 2. The second-order valence-corrected chi connectivity index (χ2v) is 8.64. The van der Waals surface area contributed by atoms with Crippen LogP contribution < -0.4 is 20.7 Å². The van der Waals surface area contributed by atoms with E-state index in [0.717, 1.165) is 34.1 Å². The van der Waals surface area contributed by atoms with E-state index in [0.29, 0.717) is 0 Å². The van der Waals surface area contributed by atoms with Gasteiger partial charge >= 0.3 is 0 Å². The molecular weight excluding hydrogens is 334 g/mol. The Kier molecular flexibility index (Phi) is 3.68. The van der Waals surface area contributed by atoms with Gasteiger partial charge in [0.1, 0.15) is 11.9 Å². The minimum absolute atomic E-state index is 0.0741. The molecule has 0 radical (unpaired) electrons. The summed E-state index contributed by atoms with van der Waals surface area (Å²) >= 11 is 0. The van der Waals surface area contributed by atoms with Crippen LogP contribution >= 0.6 is 0 Å². The highest BCUT2D eigenvalue weighted by molar-refractivity contribution is 7.84. The number of benzene rings is 2. The summed E-state index contributed by atoms with van der Waals surface area (Å²) in [7, 11) is 0.615. The molecule has 6 heteroatoms. The van der Waals surface area contributed by atoms with Crippen molar-refractivity contribution in [2.75, 3.05) is 35.9 Å². The summed E-state index contributed by atoms with van der Waals surface area (Å²) in [5.41, 5.74) is 5.85. The molecule has 2 atom stereocenters. The molecule has 0 fully saturated rings. The van der Waals surface area contributed by atoms with Gasteiger partial charge in [-0.1, -0.05) is 19.9 Å². The molecule has 4 rings (SSSR count). The second kappa shape index (κ2) is 5.66. The predicted octanol–water partition coefficient (Wildman–Crippen LogP) is 3.67. The van der Waals surface area contributed by atoms with Crippen molar-refractivity contribution in [1.82, 2.24) is 0 Å². The first-order chi connectivity index (χ1) is 11.9. The third-order valence-corrected chi connectivity index (χ3v) is 5.97. The Morgan fingerprint density at radius 2 is 1.84 bits per heavy atom. The van der Waals surface area contributed by atoms with Crippen LogP contribution in [0.15, 0.2) is 35.2 Å². The maximum Gasteiger partial charge on any atom is 0.127 e. The summed E-state index contributed by atoms with van der Waals surface area (Å²) in [5, 5.41) is 10.6. The fraction of sp³-hybridized carbons (Fsp3) is 0.368. The van der Waals surface area contributed by atoms with Crippen molar-refractivity contribution in [3.8, 4) is 5.75 Å². The minimum atomic E-state index is -1.03. The first kappa shape index (κ1) is 16.3. The Bertz CT molecular complexity index is 879. The lowest BCUT2D eigenvalue weighted by Gasteiger charge is -2.18. The Balaban J connectivity index is 1.68. The molecule has 0 saturated heterocycles. The van der Waals surface area contributed by atoms with Crippen LogP contribution in [0.25, 0.3) is 0 Å². The van der Waals surface area contributed by atoms with Crippen molar-refractivity contribution in [3.05, 3.63) is 41.5 Å². The van der Waals surface area contributed by atoms with E-state index in [-0.39, 0.29) is 11.6 Å². The summed E-state index contributed by atoms with van der Waals surface area (Å²) in [6.45, 7) is 5.47. The standard InChI is InChI=1S/C19H23N3O2S/c1-19(2)10-20-14-9-16-15(8-13(14)19)21-18(22-16)12-6-5-11(25(4)23)7-17(12)24-3/h5-9,18,20-22H,10H2,1-4H3. The third-order valence-electron chi connectivity index (χ3n) is 5.06. The van der Waals surface area contributed by atoms with Crippen LogP contribution in [0.2, 0.25) is 0 Å². The molecule has 2 unspecified atom stereocenters. The van der Waals surface area contributed by atoms with Crippen LogP contribution in [-0.4, -0.2) is 24.1 Å². The Hall–Kier alpha value is -2.21. The van der Waals surface area contributed by atoms with E-state index in [9.17, 15) is 4.21 Å². The first-order valence-corrected chi connectivity index (χ1v) is 9.92. The van der Waals surface area contributed by atoms with Crippen molar-refractivity contribution < 1.29 is 8.95 Å². The molecule has 2 aliphatic rings. The summed E-state index contributed by atoms with van der Waals surface area (Å²) < 4.78 is 17.3. The zero-order valence-corrected chi connectivity index (χ0v) is 15.7. The summed E-state index contributed by atoms with van der Waals surface area (Å²) in [6.07, 6.45) is 1.60. The number of ether oxygens (including phenoxy) is 1. The average molecular weight is 357 g/mol. The van der Waals surface area contributed by atoms with Crippen molar-refractivity contribution in [1.29, 1.82) is 0 Å². The fourth-order valence-electron chi connectivity index (χ4n) is 3.57. The molecule has 0 spiro atoms. The van der Waals surface area contributed by atoms with E-state index < -0.39 is 10.8 Å². The molecule has 0 bridgehead atoms. The van der Waals surface area contributed by atoms with E-state index in [1.54, 1.807) is 13.4 Å². The maximum absolute atomic E-state index is 11.7. The van der Waals surface area contributed by atoms with Crippen molar-refractivity contribution in [3.63, 3.8) is 0 Å². The fourth-order valence-corrected chi connectivity index (χ4v) is 4.10. The van der Waals surface area contributed by atoms with Gasteiger partial charge in [-0.2, -0.15) is 0 Å². The van der Waals surface area contributed by atoms with Crippen LogP contribution in [0.4, 0.5) is 17.1 Å². The molecular formula is C19H23N3O2S. The maximum atomic E-state index is 11.7. The van der Waals surface area contributed by atoms with Gasteiger partial charge in [-0.05, 0) is 29.8 Å². The van der Waals surface area contributed by atoms with Gasteiger partial charge in [-0.3, -0.25) is 4.21 Å². The van der Waals surface area contributed by atoms with E-state index in [1.807, 2.05) is 18.2 Å². The van der Waals surface area contributed by atoms with Gasteiger partial charge in [0.05, 0.1) is 18.5 Å². The van der Waals surface area contributed by atoms with Gasteiger partial charge < -0.3 is 20.7 Å². The lowest BCUT2D eigenvalue weighted by Crippen LogP contribution is -2.19. The van der Waals surface area contributed by atoms with Gasteiger partial charge in [0.25, 0.3) is 0 Å². The SMILES string of the molecule is COc1cc(S(C)=O)ccc1C1Nc2cc3c(cc2N1)C(C)(C)CN3. The lowest BCUT2D eigenvalue weighted by molar-refractivity contribution is 0.407. The molecule has 3 N–H and O–H groups in total. The van der Waals surface area contributed by atoms with Gasteiger partial charge in [0, 0.05) is 45.2 Å². The minimum Gasteiger partial charge on any atom is -0.496 e. The van der Waals surface area contributed by atoms with Crippen molar-refractivity contribution >= 4 is 27.9 Å². The number of hydrogen-bond acceptors (Lipinski definition) is 5. The highest BCUT2D eigenvalue weighted by Gasteiger charge is 2.33. The van der Waals surface area contributed by atoms with Gasteiger partial charge in [-0.15, -0.1) is 0 Å². The highest BCUT2D eigenvalue weighted by Crippen LogP contribution is 2.46. The zero-order valence-electron chi connectivity index (χ0n) is 14.9. The molecule has 0 aliphatic carbocycles. The van der Waals surface area contributed by atoms with Crippen LogP contribution in [-0.2, 0) is 16.2 Å². The average Bonchev–Trinajstić information content (AvgIpc) is 3.13. The van der Waals surface area contributed by atoms with Crippen LogP contribution in [0.5, 0.6) is 5.75 Å². The van der Waals surface area contributed by atoms with Crippen LogP contribution in [0.1, 0.15) is 31.1 Å². The number of anilines is 3. The van der Waals surface area contributed by atoms with Gasteiger partial charge in [0.15, 0.2) is 0 Å². The molecule has 2 aliphatic heterocycles. The molecule has 2 aromatic carbocycles. The Morgan fingerprint density at radius 1 is 1.12 bits per heavy atom. The van der Waals surface area contributed by atoms with E-state index >= 15 is 0 Å². The molecule has 2 heterocycles. The molecule has 5 nitrogen and oxygen atoms in total. The van der Waals surface area contributed by atoms with Crippen molar-refractivity contribution in [2.24, 2.45) is 0 Å². The third kappa shape index (κ3) is 2.65. The summed E-state index contributed by atoms with van der Waals surface area (Å²) in [4.78, 5) is 0.765. The van der Waals surface area contributed by atoms with Crippen LogP contribution in [0, 0.1) is 0 Å². The predicted molar refractivity (Wildman–Crippen MR) is 103 cm³/mol. The number of rotatable bonds is 3. The Morgan fingerprint density at radius 3 is 2.52 bits per heavy atom. The quantitative estimate of drug-likeness (QED) is 0.782. The first-order valence-electron chi connectivity index (χ1n) is 8.36. The van der Waals surface area contributed by atoms with Gasteiger partial charge in [-0.25, -0.2) is 0 Å². The van der Waals surface area contributed by atoms with E-state index in [4.69, 9.17) is 4.74 Å². The number of methoxy groups -OCH3 is 1. The molecule has 0 saturated carbocycles. The topological polar surface area (TPSA) is 62.4 Å². The number of hydrogen-bond donors (Lipinski definition) is 3. The van der Waals surface area contributed by atoms with E-state index in [2.05, 4.69) is 41.9 Å².